The molecule has 0 fully saturated rings. The second-order valence-electron chi connectivity index (χ2n) is 4.70. The van der Waals surface area contributed by atoms with E-state index < -0.39 is 0 Å². The van der Waals surface area contributed by atoms with Crippen LogP contribution >= 0.6 is 0 Å². The average molecular weight is 306 g/mol. The van der Waals surface area contributed by atoms with E-state index in [-0.39, 0.29) is 5.91 Å². The number of carbonyl (C=O) groups excluding carboxylic acids is 1. The molecule has 1 amide bonds. The molecule has 0 aliphatic heterocycles. The zero-order valence-corrected chi connectivity index (χ0v) is 12.4. The van der Waals surface area contributed by atoms with E-state index in [0.717, 1.165) is 11.3 Å². The Balaban J connectivity index is 1.73. The molecule has 6 nitrogen and oxygen atoms in total. The fraction of sp³-hybridized carbons (Fsp3) is 0.0588. The molecule has 3 aromatic rings. The lowest BCUT2D eigenvalue weighted by Crippen LogP contribution is -2.14. The van der Waals surface area contributed by atoms with Gasteiger partial charge in [-0.3, -0.25) is 9.78 Å². The summed E-state index contributed by atoms with van der Waals surface area (Å²) < 4.78 is 5.12. The Bertz CT molecular complexity index is 787. The quantitative estimate of drug-likeness (QED) is 0.802. The number of nitrogens with one attached hydrogen (secondary N) is 1. The van der Waals surface area contributed by atoms with Gasteiger partial charge in [0.25, 0.3) is 5.91 Å². The maximum Gasteiger partial charge on any atom is 0.275 e. The number of pyridine rings is 1. The number of ether oxygens (including phenoxy) is 1. The van der Waals surface area contributed by atoms with Crippen LogP contribution in [0.25, 0.3) is 11.3 Å². The first-order valence-corrected chi connectivity index (χ1v) is 6.97. The normalized spacial score (nSPS) is 10.1. The molecular weight excluding hydrogens is 292 g/mol. The van der Waals surface area contributed by atoms with Gasteiger partial charge in [-0.1, -0.05) is 6.07 Å². The maximum absolute atomic E-state index is 12.0. The number of benzene rings is 1. The van der Waals surface area contributed by atoms with Gasteiger partial charge in [0.05, 0.1) is 12.8 Å². The van der Waals surface area contributed by atoms with E-state index in [4.69, 9.17) is 4.74 Å². The molecule has 0 unspecified atom stereocenters. The topological polar surface area (TPSA) is 77.0 Å². The van der Waals surface area contributed by atoms with E-state index in [9.17, 15) is 4.79 Å². The van der Waals surface area contributed by atoms with Crippen molar-refractivity contribution in [2.75, 3.05) is 12.4 Å². The standard InChI is InChI=1S/C17H14N4O2/c1-23-13-7-5-12(6-8-13)14-9-10-16(21-20-14)19-17(22)15-4-2-3-11-18-15/h2-11H,1H3,(H,19,21,22). The van der Waals surface area contributed by atoms with Gasteiger partial charge >= 0.3 is 0 Å². The van der Waals surface area contributed by atoms with Crippen LogP contribution in [0.5, 0.6) is 5.75 Å². The summed E-state index contributed by atoms with van der Waals surface area (Å²) in [6.45, 7) is 0. The predicted molar refractivity (Wildman–Crippen MR) is 86.2 cm³/mol. The molecule has 0 radical (unpaired) electrons. The smallest absolute Gasteiger partial charge is 0.275 e. The summed E-state index contributed by atoms with van der Waals surface area (Å²) in [5.74, 6) is 0.830. The van der Waals surface area contributed by atoms with Crippen LogP contribution in [0, 0.1) is 0 Å². The van der Waals surface area contributed by atoms with E-state index in [2.05, 4.69) is 20.5 Å². The molecule has 2 heterocycles. The Hall–Kier alpha value is -3.28. The highest BCUT2D eigenvalue weighted by molar-refractivity contribution is 6.02. The molecule has 0 bridgehead atoms. The van der Waals surface area contributed by atoms with Crippen molar-refractivity contribution in [1.29, 1.82) is 0 Å². The molecule has 0 saturated carbocycles. The molecule has 0 spiro atoms. The zero-order chi connectivity index (χ0) is 16.1. The highest BCUT2D eigenvalue weighted by Crippen LogP contribution is 2.20. The third-order valence-electron chi connectivity index (χ3n) is 3.19. The first-order chi connectivity index (χ1) is 11.3. The van der Waals surface area contributed by atoms with Crippen molar-refractivity contribution < 1.29 is 9.53 Å². The van der Waals surface area contributed by atoms with Crippen LogP contribution in [-0.4, -0.2) is 28.2 Å². The summed E-state index contributed by atoms with van der Waals surface area (Å²) in [5, 5.41) is 10.8. The Morgan fingerprint density at radius 2 is 1.83 bits per heavy atom. The summed E-state index contributed by atoms with van der Waals surface area (Å²) in [6, 6.07) is 16.1. The molecule has 1 aromatic carbocycles. The fourth-order valence-electron chi connectivity index (χ4n) is 1.99. The molecule has 3 rings (SSSR count). The van der Waals surface area contributed by atoms with Crippen LogP contribution in [0.2, 0.25) is 0 Å². The number of anilines is 1. The monoisotopic (exact) mass is 306 g/mol. The fourth-order valence-corrected chi connectivity index (χ4v) is 1.99. The largest absolute Gasteiger partial charge is 0.497 e. The van der Waals surface area contributed by atoms with Crippen LogP contribution in [0.3, 0.4) is 0 Å². The zero-order valence-electron chi connectivity index (χ0n) is 12.4. The van der Waals surface area contributed by atoms with E-state index in [1.54, 1.807) is 43.6 Å². The van der Waals surface area contributed by atoms with Gasteiger partial charge in [-0.25, -0.2) is 0 Å². The maximum atomic E-state index is 12.0. The average Bonchev–Trinajstić information content (AvgIpc) is 2.63. The predicted octanol–water partition coefficient (Wildman–Crippen LogP) is 2.80. The highest BCUT2D eigenvalue weighted by atomic mass is 16.5. The third kappa shape index (κ3) is 3.49. The molecule has 6 heteroatoms. The lowest BCUT2D eigenvalue weighted by Gasteiger charge is -2.05. The van der Waals surface area contributed by atoms with Crippen LogP contribution in [0.15, 0.2) is 60.8 Å². The van der Waals surface area contributed by atoms with Gasteiger partial charge in [0.1, 0.15) is 11.4 Å². The molecule has 1 N–H and O–H groups in total. The van der Waals surface area contributed by atoms with Crippen molar-refractivity contribution in [2.45, 2.75) is 0 Å². The van der Waals surface area contributed by atoms with Gasteiger partial charge in [-0.2, -0.15) is 0 Å². The molecule has 0 atom stereocenters. The molecular formula is C17H14N4O2. The lowest BCUT2D eigenvalue weighted by atomic mass is 10.1. The third-order valence-corrected chi connectivity index (χ3v) is 3.19. The van der Waals surface area contributed by atoms with E-state index in [0.29, 0.717) is 17.2 Å². The minimum absolute atomic E-state index is 0.322. The first-order valence-electron chi connectivity index (χ1n) is 6.97. The Kier molecular flexibility index (Phi) is 4.24. The second-order valence-corrected chi connectivity index (χ2v) is 4.70. The highest BCUT2D eigenvalue weighted by Gasteiger charge is 2.08. The number of methoxy groups -OCH3 is 1. The van der Waals surface area contributed by atoms with Crippen molar-refractivity contribution in [1.82, 2.24) is 15.2 Å². The number of nitrogens with zero attached hydrogens (tertiary/aromatic N) is 3. The van der Waals surface area contributed by atoms with E-state index in [1.165, 1.54) is 0 Å². The van der Waals surface area contributed by atoms with Gasteiger partial charge in [0.15, 0.2) is 5.82 Å². The van der Waals surface area contributed by atoms with Crippen molar-refractivity contribution >= 4 is 11.7 Å². The number of amides is 1. The number of hydrogen-bond acceptors (Lipinski definition) is 5. The first kappa shape index (κ1) is 14.6. The molecule has 114 valence electrons. The molecule has 2 aromatic heterocycles. The van der Waals surface area contributed by atoms with E-state index in [1.807, 2.05) is 24.3 Å². The summed E-state index contributed by atoms with van der Waals surface area (Å²) in [4.78, 5) is 16.0. The summed E-state index contributed by atoms with van der Waals surface area (Å²) in [5.41, 5.74) is 1.96. The second kappa shape index (κ2) is 6.65. The van der Waals surface area contributed by atoms with Gasteiger partial charge in [-0.05, 0) is 48.5 Å². The molecule has 0 aliphatic rings. The summed E-state index contributed by atoms with van der Waals surface area (Å²) in [6.07, 6.45) is 1.56. The number of aromatic nitrogens is 3. The van der Waals surface area contributed by atoms with Gasteiger partial charge in [0, 0.05) is 11.8 Å². The van der Waals surface area contributed by atoms with Crippen molar-refractivity contribution in [3.63, 3.8) is 0 Å². The lowest BCUT2D eigenvalue weighted by molar-refractivity contribution is 0.102. The molecule has 0 aliphatic carbocycles. The summed E-state index contributed by atoms with van der Waals surface area (Å²) >= 11 is 0. The number of rotatable bonds is 4. The van der Waals surface area contributed by atoms with Crippen LogP contribution in [0.4, 0.5) is 5.82 Å². The minimum atomic E-state index is -0.322. The number of hydrogen-bond donors (Lipinski definition) is 1. The van der Waals surface area contributed by atoms with Crippen molar-refractivity contribution in [3.05, 3.63) is 66.5 Å². The molecule has 23 heavy (non-hydrogen) atoms. The number of carbonyl (C=O) groups is 1. The summed E-state index contributed by atoms with van der Waals surface area (Å²) in [7, 11) is 1.62. The minimum Gasteiger partial charge on any atom is -0.497 e. The van der Waals surface area contributed by atoms with Crippen molar-refractivity contribution in [2.24, 2.45) is 0 Å². The van der Waals surface area contributed by atoms with E-state index >= 15 is 0 Å². The van der Waals surface area contributed by atoms with Gasteiger partial charge in [0.2, 0.25) is 0 Å². The van der Waals surface area contributed by atoms with Crippen LogP contribution in [0.1, 0.15) is 10.5 Å². The Morgan fingerprint density at radius 3 is 2.43 bits per heavy atom. The van der Waals surface area contributed by atoms with Crippen LogP contribution < -0.4 is 10.1 Å². The van der Waals surface area contributed by atoms with Crippen LogP contribution in [-0.2, 0) is 0 Å². The Labute approximate surface area is 133 Å². The Morgan fingerprint density at radius 1 is 1.00 bits per heavy atom. The molecule has 0 saturated heterocycles. The van der Waals surface area contributed by atoms with Crippen molar-refractivity contribution in [3.8, 4) is 17.0 Å². The SMILES string of the molecule is COc1ccc(-c2ccc(NC(=O)c3ccccn3)nn2)cc1. The van der Waals surface area contributed by atoms with Gasteiger partial charge < -0.3 is 10.1 Å². The van der Waals surface area contributed by atoms with Gasteiger partial charge in [-0.15, -0.1) is 10.2 Å².